The maximum Gasteiger partial charge on any atom is 0.293 e. The molecule has 0 aliphatic carbocycles. The Hall–Kier alpha value is -3.40. The number of hydrogen-bond acceptors (Lipinski definition) is 4. The molecule has 1 heterocycles. The van der Waals surface area contributed by atoms with Gasteiger partial charge < -0.3 is 10.1 Å². The van der Waals surface area contributed by atoms with Gasteiger partial charge in [-0.15, -0.1) is 0 Å². The zero-order valence-electron chi connectivity index (χ0n) is 14.6. The first kappa shape index (κ1) is 17.4. The summed E-state index contributed by atoms with van der Waals surface area (Å²) >= 11 is 0. The Morgan fingerprint density at radius 2 is 1.58 bits per heavy atom. The summed E-state index contributed by atoms with van der Waals surface area (Å²) in [5, 5.41) is 7.00. The van der Waals surface area contributed by atoms with E-state index in [0.717, 1.165) is 22.4 Å². The molecule has 4 aromatic rings. The lowest BCUT2D eigenvalue weighted by Gasteiger charge is -2.08. The van der Waals surface area contributed by atoms with Crippen molar-refractivity contribution in [3.05, 3.63) is 78.9 Å². The van der Waals surface area contributed by atoms with Crippen molar-refractivity contribution >= 4 is 39.7 Å². The van der Waals surface area contributed by atoms with Crippen molar-refractivity contribution < 1.29 is 9.53 Å². The Labute approximate surface area is 152 Å². The molecule has 0 saturated carbocycles. The van der Waals surface area contributed by atoms with Gasteiger partial charge in [-0.05, 0) is 48.0 Å². The van der Waals surface area contributed by atoms with Gasteiger partial charge in [-0.25, -0.2) is 4.98 Å². The molecule has 0 saturated heterocycles. The van der Waals surface area contributed by atoms with E-state index in [-0.39, 0.29) is 0 Å². The van der Waals surface area contributed by atoms with Crippen molar-refractivity contribution in [3.63, 3.8) is 0 Å². The first-order valence-corrected chi connectivity index (χ1v) is 8.47. The third-order valence-electron chi connectivity index (χ3n) is 3.85. The number of aromatic nitrogens is 1. The van der Waals surface area contributed by atoms with Gasteiger partial charge in [0.1, 0.15) is 5.82 Å². The predicted octanol–water partition coefficient (Wildman–Crippen LogP) is 5.31. The van der Waals surface area contributed by atoms with Crippen LogP contribution in [-0.4, -0.2) is 18.1 Å². The van der Waals surface area contributed by atoms with Crippen molar-refractivity contribution in [2.45, 2.75) is 6.92 Å². The van der Waals surface area contributed by atoms with Crippen molar-refractivity contribution in [2.75, 3.05) is 11.9 Å². The Bertz CT molecular complexity index is 937. The first-order chi connectivity index (χ1) is 12.8. The van der Waals surface area contributed by atoms with E-state index < -0.39 is 0 Å². The van der Waals surface area contributed by atoms with Crippen LogP contribution in [0.4, 0.5) is 11.5 Å². The van der Waals surface area contributed by atoms with Gasteiger partial charge in [0.05, 0.1) is 12.1 Å². The minimum absolute atomic E-state index is 0.431. The Kier molecular flexibility index (Phi) is 5.78. The highest BCUT2D eigenvalue weighted by Crippen LogP contribution is 2.22. The molecule has 0 atom stereocenters. The number of carbonyl (C=O) groups excluding carboxylic acids is 1. The lowest BCUT2D eigenvalue weighted by molar-refractivity contribution is -0.128. The summed E-state index contributed by atoms with van der Waals surface area (Å²) in [5.41, 5.74) is 2.06. The van der Waals surface area contributed by atoms with Crippen molar-refractivity contribution in [2.24, 2.45) is 0 Å². The molecule has 0 amide bonds. The van der Waals surface area contributed by atoms with E-state index in [1.54, 1.807) is 6.92 Å². The van der Waals surface area contributed by atoms with Gasteiger partial charge in [0.2, 0.25) is 0 Å². The number of nitrogens with zero attached hydrogens (tertiary/aromatic N) is 1. The van der Waals surface area contributed by atoms with E-state index in [1.165, 1.54) is 10.8 Å². The van der Waals surface area contributed by atoms with E-state index in [9.17, 15) is 4.79 Å². The summed E-state index contributed by atoms with van der Waals surface area (Å²) in [5.74, 6) is 0.865. The van der Waals surface area contributed by atoms with E-state index in [2.05, 4.69) is 69.6 Å². The number of anilines is 2. The van der Waals surface area contributed by atoms with Gasteiger partial charge in [0, 0.05) is 11.1 Å². The van der Waals surface area contributed by atoms with Crippen LogP contribution in [0.2, 0.25) is 0 Å². The van der Waals surface area contributed by atoms with Crippen LogP contribution >= 0.6 is 0 Å². The maximum absolute atomic E-state index is 9.18. The zero-order valence-corrected chi connectivity index (χ0v) is 14.6. The molecule has 0 spiro atoms. The number of hydrogen-bond donors (Lipinski definition) is 1. The number of fused-ring (bicyclic) bond motifs is 2. The molecule has 26 heavy (non-hydrogen) atoms. The summed E-state index contributed by atoms with van der Waals surface area (Å²) in [4.78, 5) is 13.8. The normalized spacial score (nSPS) is 10.0. The monoisotopic (exact) mass is 344 g/mol. The van der Waals surface area contributed by atoms with Crippen LogP contribution in [0.15, 0.2) is 78.9 Å². The average molecular weight is 344 g/mol. The van der Waals surface area contributed by atoms with Crippen LogP contribution < -0.4 is 5.32 Å². The van der Waals surface area contributed by atoms with E-state index in [4.69, 9.17) is 0 Å². The Morgan fingerprint density at radius 3 is 2.31 bits per heavy atom. The topological polar surface area (TPSA) is 51.2 Å². The highest BCUT2D eigenvalue weighted by molar-refractivity contribution is 5.87. The summed E-state index contributed by atoms with van der Waals surface area (Å²) in [6, 6.07) is 26.9. The standard InChI is InChI=1S/C19H14N2.C3H6O2/c1-2-7-16-13-17(11-9-14(16)5-1)20-19-12-10-15-6-3-4-8-18(15)21-19;1-2-5-3-4/h1-13H,(H,20,21);3H,2H2,1H3. The number of ether oxygens (including phenoxy) is 1. The average Bonchev–Trinajstić information content (AvgIpc) is 2.69. The van der Waals surface area contributed by atoms with Gasteiger partial charge in [0.25, 0.3) is 6.47 Å². The molecule has 4 rings (SSSR count). The van der Waals surface area contributed by atoms with Crippen molar-refractivity contribution in [1.82, 2.24) is 4.98 Å². The van der Waals surface area contributed by atoms with Gasteiger partial charge >= 0.3 is 0 Å². The fraction of sp³-hybridized carbons (Fsp3) is 0.0909. The third-order valence-corrected chi connectivity index (χ3v) is 3.85. The molecule has 0 aliphatic heterocycles. The lowest BCUT2D eigenvalue weighted by atomic mass is 10.1. The molecule has 4 nitrogen and oxygen atoms in total. The zero-order chi connectivity index (χ0) is 18.2. The van der Waals surface area contributed by atoms with Crippen LogP contribution in [0.5, 0.6) is 0 Å². The van der Waals surface area contributed by atoms with Crippen LogP contribution in [0.25, 0.3) is 21.7 Å². The SMILES string of the molecule is CCOC=O.c1ccc2cc(Nc3ccc4ccccc4n3)ccc2c1. The molecule has 1 N–H and O–H groups in total. The van der Waals surface area contributed by atoms with E-state index >= 15 is 0 Å². The highest BCUT2D eigenvalue weighted by atomic mass is 16.5. The number of para-hydroxylation sites is 1. The molecule has 4 heteroatoms. The first-order valence-electron chi connectivity index (χ1n) is 8.47. The van der Waals surface area contributed by atoms with Gasteiger partial charge in [-0.2, -0.15) is 0 Å². The quantitative estimate of drug-likeness (QED) is 0.510. The number of nitrogens with one attached hydrogen (secondary N) is 1. The molecule has 0 radical (unpaired) electrons. The largest absolute Gasteiger partial charge is 0.468 e. The van der Waals surface area contributed by atoms with Gasteiger partial charge in [-0.3, -0.25) is 4.79 Å². The maximum atomic E-state index is 9.18. The fourth-order valence-electron chi connectivity index (χ4n) is 2.62. The summed E-state index contributed by atoms with van der Waals surface area (Å²) in [6.07, 6.45) is 0. The fourth-order valence-corrected chi connectivity index (χ4v) is 2.62. The second-order valence-corrected chi connectivity index (χ2v) is 5.63. The molecular weight excluding hydrogens is 324 g/mol. The molecular formula is C22H20N2O2. The second-order valence-electron chi connectivity index (χ2n) is 5.63. The number of pyridine rings is 1. The van der Waals surface area contributed by atoms with Gasteiger partial charge in [-0.1, -0.05) is 48.5 Å². The van der Waals surface area contributed by atoms with Crippen LogP contribution in [0, 0.1) is 0 Å². The van der Waals surface area contributed by atoms with E-state index in [0.29, 0.717) is 13.1 Å². The minimum Gasteiger partial charge on any atom is -0.468 e. The number of carbonyl (C=O) groups is 1. The lowest BCUT2D eigenvalue weighted by Crippen LogP contribution is -1.93. The van der Waals surface area contributed by atoms with E-state index in [1.807, 2.05) is 24.3 Å². The number of rotatable bonds is 4. The van der Waals surface area contributed by atoms with Crippen LogP contribution in [0.1, 0.15) is 6.92 Å². The molecule has 130 valence electrons. The van der Waals surface area contributed by atoms with Crippen LogP contribution in [-0.2, 0) is 9.53 Å². The molecule has 1 aromatic heterocycles. The van der Waals surface area contributed by atoms with Crippen molar-refractivity contribution in [3.8, 4) is 0 Å². The molecule has 0 bridgehead atoms. The molecule has 0 fully saturated rings. The van der Waals surface area contributed by atoms with Crippen LogP contribution in [0.3, 0.4) is 0 Å². The Morgan fingerprint density at radius 1 is 0.885 bits per heavy atom. The minimum atomic E-state index is 0.431. The van der Waals surface area contributed by atoms with Crippen molar-refractivity contribution in [1.29, 1.82) is 0 Å². The molecule has 0 unspecified atom stereocenters. The summed E-state index contributed by atoms with van der Waals surface area (Å²) in [7, 11) is 0. The smallest absolute Gasteiger partial charge is 0.293 e. The highest BCUT2D eigenvalue weighted by Gasteiger charge is 2.00. The second kappa shape index (κ2) is 8.62. The summed E-state index contributed by atoms with van der Waals surface area (Å²) < 4.78 is 4.15. The number of benzene rings is 3. The predicted molar refractivity (Wildman–Crippen MR) is 107 cm³/mol. The molecule has 0 aliphatic rings. The Balaban J connectivity index is 0.000000349. The molecule has 3 aromatic carbocycles. The van der Waals surface area contributed by atoms with Gasteiger partial charge in [0.15, 0.2) is 0 Å². The third kappa shape index (κ3) is 4.36. The summed E-state index contributed by atoms with van der Waals surface area (Å²) in [6.45, 7) is 2.66.